The molecular weight excluding hydrogens is 385 g/mol. The van der Waals surface area contributed by atoms with Crippen molar-refractivity contribution in [3.05, 3.63) is 24.0 Å². The number of hydrogen-bond acceptors (Lipinski definition) is 6. The van der Waals surface area contributed by atoms with Gasteiger partial charge in [0.2, 0.25) is 15.9 Å². The number of benzene rings is 1. The SMILES string of the molecule is O=C(CN1CCSC1=O)Nc1ccc(F)c(S(=O)(=O)N2CCOCC2)c1. The van der Waals surface area contributed by atoms with Crippen molar-refractivity contribution < 1.29 is 27.1 Å². The first-order chi connectivity index (χ1) is 12.4. The van der Waals surface area contributed by atoms with Gasteiger partial charge in [-0.05, 0) is 18.2 Å². The minimum atomic E-state index is -4.02. The van der Waals surface area contributed by atoms with Crippen LogP contribution >= 0.6 is 11.8 Å². The fraction of sp³-hybridized carbons (Fsp3) is 0.467. The fourth-order valence-corrected chi connectivity index (χ4v) is 4.97. The quantitative estimate of drug-likeness (QED) is 0.787. The maximum Gasteiger partial charge on any atom is 0.282 e. The van der Waals surface area contributed by atoms with Gasteiger partial charge in [-0.3, -0.25) is 9.59 Å². The van der Waals surface area contributed by atoms with Crippen molar-refractivity contribution in [3.63, 3.8) is 0 Å². The van der Waals surface area contributed by atoms with Gasteiger partial charge in [0.15, 0.2) is 0 Å². The van der Waals surface area contributed by atoms with Crippen LogP contribution in [0, 0.1) is 5.82 Å². The maximum absolute atomic E-state index is 14.1. The van der Waals surface area contributed by atoms with Gasteiger partial charge in [-0.15, -0.1) is 0 Å². The molecule has 1 aromatic carbocycles. The third-order valence-electron chi connectivity index (χ3n) is 3.98. The van der Waals surface area contributed by atoms with Crippen molar-refractivity contribution in [2.75, 3.05) is 50.5 Å². The highest BCUT2D eigenvalue weighted by Crippen LogP contribution is 2.24. The summed E-state index contributed by atoms with van der Waals surface area (Å²) in [7, 11) is -4.02. The van der Waals surface area contributed by atoms with Crippen LogP contribution in [-0.4, -0.2) is 73.9 Å². The molecule has 0 bridgehead atoms. The van der Waals surface area contributed by atoms with Crippen molar-refractivity contribution in [2.24, 2.45) is 0 Å². The number of carbonyl (C=O) groups is 2. The van der Waals surface area contributed by atoms with Gasteiger partial charge in [-0.2, -0.15) is 4.31 Å². The number of amides is 2. The van der Waals surface area contributed by atoms with Gasteiger partial charge in [-0.1, -0.05) is 11.8 Å². The van der Waals surface area contributed by atoms with E-state index in [1.807, 2.05) is 0 Å². The molecule has 2 aliphatic heterocycles. The van der Waals surface area contributed by atoms with E-state index in [9.17, 15) is 22.4 Å². The number of rotatable bonds is 5. The van der Waals surface area contributed by atoms with Crippen molar-refractivity contribution in [1.82, 2.24) is 9.21 Å². The second-order valence-electron chi connectivity index (χ2n) is 5.75. The van der Waals surface area contributed by atoms with E-state index in [1.165, 1.54) is 11.0 Å². The number of morpholine rings is 1. The van der Waals surface area contributed by atoms with Crippen molar-refractivity contribution in [2.45, 2.75) is 4.90 Å². The predicted molar refractivity (Wildman–Crippen MR) is 94.0 cm³/mol. The summed E-state index contributed by atoms with van der Waals surface area (Å²) in [5, 5.41) is 2.34. The zero-order valence-electron chi connectivity index (χ0n) is 13.8. The first-order valence-electron chi connectivity index (χ1n) is 7.97. The van der Waals surface area contributed by atoms with Crippen LogP contribution in [0.4, 0.5) is 14.9 Å². The van der Waals surface area contributed by atoms with E-state index in [0.29, 0.717) is 12.3 Å². The van der Waals surface area contributed by atoms with Crippen LogP contribution in [0.2, 0.25) is 0 Å². The number of nitrogens with zero attached hydrogens (tertiary/aromatic N) is 2. The molecule has 2 amide bonds. The molecule has 0 aliphatic carbocycles. The largest absolute Gasteiger partial charge is 0.379 e. The molecule has 2 heterocycles. The molecule has 0 radical (unpaired) electrons. The standard InChI is InChI=1S/C15H18FN3O5S2/c16-12-2-1-11(17-14(20)10-18-5-8-25-15(18)21)9-13(12)26(22,23)19-3-6-24-7-4-19/h1-2,9H,3-8,10H2,(H,17,20). The van der Waals surface area contributed by atoms with Gasteiger partial charge in [-0.25, -0.2) is 12.8 Å². The maximum atomic E-state index is 14.1. The smallest absolute Gasteiger partial charge is 0.282 e. The molecule has 2 fully saturated rings. The van der Waals surface area contributed by atoms with E-state index in [0.717, 1.165) is 28.2 Å². The Balaban J connectivity index is 1.74. The number of hydrogen-bond donors (Lipinski definition) is 1. The normalized spacial score (nSPS) is 19.0. The van der Waals surface area contributed by atoms with Gasteiger partial charge >= 0.3 is 0 Å². The molecule has 0 spiro atoms. The Labute approximate surface area is 154 Å². The number of ether oxygens (including phenoxy) is 1. The summed E-state index contributed by atoms with van der Waals surface area (Å²) in [4.78, 5) is 24.5. The Morgan fingerprint density at radius 2 is 2.00 bits per heavy atom. The molecule has 0 aromatic heterocycles. The van der Waals surface area contributed by atoms with Crippen LogP contribution < -0.4 is 5.32 Å². The lowest BCUT2D eigenvalue weighted by atomic mass is 10.3. The Morgan fingerprint density at radius 1 is 1.27 bits per heavy atom. The van der Waals surface area contributed by atoms with E-state index in [1.54, 1.807) is 0 Å². The fourth-order valence-electron chi connectivity index (χ4n) is 2.65. The Kier molecular flexibility index (Phi) is 5.80. The summed E-state index contributed by atoms with van der Waals surface area (Å²) in [5.41, 5.74) is 0.155. The number of sulfonamides is 1. The minimum absolute atomic E-state index is 0.130. The molecule has 8 nitrogen and oxygen atoms in total. The topological polar surface area (TPSA) is 96.0 Å². The molecule has 1 N–H and O–H groups in total. The number of anilines is 1. The van der Waals surface area contributed by atoms with Crippen LogP contribution in [0.15, 0.2) is 23.1 Å². The average molecular weight is 403 g/mol. The molecule has 0 atom stereocenters. The van der Waals surface area contributed by atoms with Crippen LogP contribution in [0.1, 0.15) is 0 Å². The Hall–Kier alpha value is -1.69. The summed E-state index contributed by atoms with van der Waals surface area (Å²) in [6, 6.07) is 3.38. The molecular formula is C15H18FN3O5S2. The Bertz CT molecular complexity index is 811. The first kappa shape index (κ1) is 19.1. The number of thioether (sulfide) groups is 1. The van der Waals surface area contributed by atoms with Crippen LogP contribution in [-0.2, 0) is 19.6 Å². The third kappa shape index (κ3) is 4.17. The van der Waals surface area contributed by atoms with E-state index >= 15 is 0 Å². The van der Waals surface area contributed by atoms with Gasteiger partial charge in [0, 0.05) is 31.1 Å². The predicted octanol–water partition coefficient (Wildman–Crippen LogP) is 0.954. The lowest BCUT2D eigenvalue weighted by Crippen LogP contribution is -2.41. The van der Waals surface area contributed by atoms with E-state index < -0.39 is 26.6 Å². The molecule has 0 unspecified atom stereocenters. The average Bonchev–Trinajstić information content (AvgIpc) is 3.02. The number of halogens is 1. The second-order valence-corrected chi connectivity index (χ2v) is 8.70. The zero-order valence-corrected chi connectivity index (χ0v) is 15.4. The highest BCUT2D eigenvalue weighted by Gasteiger charge is 2.29. The zero-order chi connectivity index (χ0) is 18.7. The monoisotopic (exact) mass is 403 g/mol. The van der Waals surface area contributed by atoms with E-state index in [4.69, 9.17) is 4.74 Å². The van der Waals surface area contributed by atoms with Crippen molar-refractivity contribution in [3.8, 4) is 0 Å². The summed E-state index contributed by atoms with van der Waals surface area (Å²) < 4.78 is 45.7. The molecule has 2 aliphatic rings. The van der Waals surface area contributed by atoms with Crippen molar-refractivity contribution in [1.29, 1.82) is 0 Å². The second kappa shape index (κ2) is 7.91. The third-order valence-corrected chi connectivity index (χ3v) is 6.79. The van der Waals surface area contributed by atoms with Crippen LogP contribution in [0.3, 0.4) is 0 Å². The molecule has 0 saturated carbocycles. The molecule has 1 aromatic rings. The summed E-state index contributed by atoms with van der Waals surface area (Å²) in [6.45, 7) is 1.14. The van der Waals surface area contributed by atoms with Crippen LogP contribution in [0.25, 0.3) is 0 Å². The molecule has 11 heteroatoms. The summed E-state index contributed by atoms with van der Waals surface area (Å²) in [6.07, 6.45) is 0. The molecule has 2 saturated heterocycles. The lowest BCUT2D eigenvalue weighted by molar-refractivity contribution is -0.116. The molecule has 142 valence electrons. The van der Waals surface area contributed by atoms with Gasteiger partial charge < -0.3 is 15.0 Å². The minimum Gasteiger partial charge on any atom is -0.379 e. The highest BCUT2D eigenvalue weighted by molar-refractivity contribution is 8.13. The summed E-state index contributed by atoms with van der Waals surface area (Å²) >= 11 is 1.14. The number of nitrogens with one attached hydrogen (secondary N) is 1. The lowest BCUT2D eigenvalue weighted by Gasteiger charge is -2.26. The van der Waals surface area contributed by atoms with Crippen LogP contribution in [0.5, 0.6) is 0 Å². The van der Waals surface area contributed by atoms with Crippen molar-refractivity contribution >= 4 is 38.6 Å². The highest BCUT2D eigenvalue weighted by atomic mass is 32.2. The Morgan fingerprint density at radius 3 is 2.65 bits per heavy atom. The number of carbonyl (C=O) groups excluding carboxylic acids is 2. The van der Waals surface area contributed by atoms with E-state index in [2.05, 4.69) is 5.32 Å². The first-order valence-corrected chi connectivity index (χ1v) is 10.4. The van der Waals surface area contributed by atoms with Gasteiger partial charge in [0.1, 0.15) is 17.3 Å². The summed E-state index contributed by atoms with van der Waals surface area (Å²) in [5.74, 6) is -0.729. The molecule has 26 heavy (non-hydrogen) atoms. The van der Waals surface area contributed by atoms with Gasteiger partial charge in [0.05, 0.1) is 13.2 Å². The van der Waals surface area contributed by atoms with E-state index in [-0.39, 0.29) is 43.8 Å². The molecule has 3 rings (SSSR count). The van der Waals surface area contributed by atoms with Gasteiger partial charge in [0.25, 0.3) is 5.24 Å².